The van der Waals surface area contributed by atoms with E-state index in [9.17, 15) is 0 Å². The van der Waals surface area contributed by atoms with Crippen LogP contribution in [0, 0.1) is 0 Å². The summed E-state index contributed by atoms with van der Waals surface area (Å²) in [5.41, 5.74) is 3.05. The van der Waals surface area contributed by atoms with Crippen molar-refractivity contribution in [1.82, 2.24) is 4.98 Å². The van der Waals surface area contributed by atoms with Crippen LogP contribution in [-0.4, -0.2) is 4.98 Å². The smallest absolute Gasteiger partial charge is 0.0720 e. The van der Waals surface area contributed by atoms with Gasteiger partial charge in [-0.1, -0.05) is 42.5 Å². The lowest BCUT2D eigenvalue weighted by Crippen LogP contribution is -1.86. The Balaban J connectivity index is 2.22. The molecule has 0 bridgehead atoms. The van der Waals surface area contributed by atoms with E-state index in [-0.39, 0.29) is 0 Å². The standard InChI is InChI=1S/C15H11NS/c17-15-8-4-2-6-12(15)14-10-9-11-5-1-3-7-13(11)16-14/h1-10,17H. The van der Waals surface area contributed by atoms with Gasteiger partial charge in [0.15, 0.2) is 0 Å². The Kier molecular flexibility index (Phi) is 2.57. The van der Waals surface area contributed by atoms with Crippen LogP contribution < -0.4 is 0 Å². The molecule has 0 aliphatic carbocycles. The van der Waals surface area contributed by atoms with Gasteiger partial charge < -0.3 is 0 Å². The highest BCUT2D eigenvalue weighted by Crippen LogP contribution is 2.26. The van der Waals surface area contributed by atoms with E-state index in [1.807, 2.05) is 48.5 Å². The predicted octanol–water partition coefficient (Wildman–Crippen LogP) is 4.19. The zero-order valence-corrected chi connectivity index (χ0v) is 10.1. The van der Waals surface area contributed by atoms with Crippen molar-refractivity contribution in [1.29, 1.82) is 0 Å². The fraction of sp³-hybridized carbons (Fsp3) is 0. The summed E-state index contributed by atoms with van der Waals surface area (Å²) in [6.07, 6.45) is 0. The summed E-state index contributed by atoms with van der Waals surface area (Å²) in [6, 6.07) is 20.3. The van der Waals surface area contributed by atoms with Crippen molar-refractivity contribution in [3.63, 3.8) is 0 Å². The Morgan fingerprint density at radius 1 is 0.765 bits per heavy atom. The monoisotopic (exact) mass is 237 g/mol. The fourth-order valence-electron chi connectivity index (χ4n) is 1.91. The van der Waals surface area contributed by atoms with Crippen LogP contribution in [0.15, 0.2) is 65.6 Å². The first-order valence-corrected chi connectivity index (χ1v) is 5.93. The molecule has 82 valence electrons. The van der Waals surface area contributed by atoms with Crippen molar-refractivity contribution in [2.45, 2.75) is 4.90 Å². The summed E-state index contributed by atoms with van der Waals surface area (Å²) in [6.45, 7) is 0. The minimum Gasteiger partial charge on any atom is -0.248 e. The van der Waals surface area contributed by atoms with Gasteiger partial charge in [-0.05, 0) is 18.2 Å². The van der Waals surface area contributed by atoms with Gasteiger partial charge in [-0.15, -0.1) is 12.6 Å². The number of aromatic nitrogens is 1. The molecule has 1 aromatic heterocycles. The van der Waals surface area contributed by atoms with Crippen molar-refractivity contribution >= 4 is 23.5 Å². The first kappa shape index (κ1) is 10.4. The topological polar surface area (TPSA) is 12.9 Å². The van der Waals surface area contributed by atoms with Crippen LogP contribution in [0.3, 0.4) is 0 Å². The lowest BCUT2D eigenvalue weighted by atomic mass is 10.1. The highest BCUT2D eigenvalue weighted by atomic mass is 32.1. The largest absolute Gasteiger partial charge is 0.248 e. The first-order valence-electron chi connectivity index (χ1n) is 5.49. The average Bonchev–Trinajstić information content (AvgIpc) is 2.39. The van der Waals surface area contributed by atoms with E-state index < -0.39 is 0 Å². The molecule has 0 saturated heterocycles. The van der Waals surface area contributed by atoms with Gasteiger partial charge >= 0.3 is 0 Å². The van der Waals surface area contributed by atoms with Gasteiger partial charge in [0.05, 0.1) is 11.2 Å². The molecule has 0 N–H and O–H groups in total. The van der Waals surface area contributed by atoms with E-state index in [4.69, 9.17) is 0 Å². The minimum absolute atomic E-state index is 0.954. The van der Waals surface area contributed by atoms with Crippen LogP contribution in [0.1, 0.15) is 0 Å². The normalized spacial score (nSPS) is 10.6. The average molecular weight is 237 g/mol. The second kappa shape index (κ2) is 4.22. The van der Waals surface area contributed by atoms with Crippen LogP contribution in [0.25, 0.3) is 22.2 Å². The predicted molar refractivity (Wildman–Crippen MR) is 74.4 cm³/mol. The number of thiol groups is 1. The summed E-state index contributed by atoms with van der Waals surface area (Å²) < 4.78 is 0. The lowest BCUT2D eigenvalue weighted by Gasteiger charge is -2.05. The third-order valence-electron chi connectivity index (χ3n) is 2.78. The van der Waals surface area contributed by atoms with Crippen molar-refractivity contribution in [3.05, 3.63) is 60.7 Å². The number of pyridine rings is 1. The molecule has 0 saturated carbocycles. The number of rotatable bonds is 1. The lowest BCUT2D eigenvalue weighted by molar-refractivity contribution is 1.35. The number of fused-ring (bicyclic) bond motifs is 1. The molecular formula is C15H11NS. The van der Waals surface area contributed by atoms with Crippen LogP contribution in [-0.2, 0) is 0 Å². The third kappa shape index (κ3) is 1.92. The molecule has 0 unspecified atom stereocenters. The number of para-hydroxylation sites is 1. The Bertz CT molecular complexity index is 676. The van der Waals surface area contributed by atoms with E-state index >= 15 is 0 Å². The molecule has 17 heavy (non-hydrogen) atoms. The second-order valence-electron chi connectivity index (χ2n) is 3.91. The molecule has 0 spiro atoms. The van der Waals surface area contributed by atoms with Crippen LogP contribution >= 0.6 is 12.6 Å². The molecule has 0 aliphatic heterocycles. The van der Waals surface area contributed by atoms with Crippen LogP contribution in [0.5, 0.6) is 0 Å². The van der Waals surface area contributed by atoms with E-state index in [0.717, 1.165) is 27.1 Å². The highest BCUT2D eigenvalue weighted by Gasteiger charge is 2.03. The summed E-state index contributed by atoms with van der Waals surface area (Å²) in [7, 11) is 0. The van der Waals surface area contributed by atoms with Crippen molar-refractivity contribution in [2.24, 2.45) is 0 Å². The summed E-state index contributed by atoms with van der Waals surface area (Å²) in [5, 5.41) is 1.16. The Morgan fingerprint density at radius 3 is 2.41 bits per heavy atom. The number of hydrogen-bond donors (Lipinski definition) is 1. The van der Waals surface area contributed by atoms with E-state index in [1.54, 1.807) is 0 Å². The van der Waals surface area contributed by atoms with Crippen molar-refractivity contribution in [3.8, 4) is 11.3 Å². The Hall–Kier alpha value is -1.80. The quantitative estimate of drug-likeness (QED) is 0.626. The van der Waals surface area contributed by atoms with Crippen LogP contribution in [0.4, 0.5) is 0 Å². The van der Waals surface area contributed by atoms with Gasteiger partial charge in [0, 0.05) is 15.8 Å². The van der Waals surface area contributed by atoms with Gasteiger partial charge in [-0.2, -0.15) is 0 Å². The van der Waals surface area contributed by atoms with Crippen molar-refractivity contribution < 1.29 is 0 Å². The fourth-order valence-corrected chi connectivity index (χ4v) is 2.18. The molecule has 0 radical (unpaired) electrons. The van der Waals surface area contributed by atoms with Gasteiger partial charge in [-0.25, -0.2) is 4.98 Å². The molecule has 0 atom stereocenters. The summed E-state index contributed by atoms with van der Waals surface area (Å²) in [4.78, 5) is 5.61. The van der Waals surface area contributed by atoms with Gasteiger partial charge in [0.1, 0.15) is 0 Å². The van der Waals surface area contributed by atoms with E-state index in [0.29, 0.717) is 0 Å². The molecule has 0 aliphatic rings. The van der Waals surface area contributed by atoms with E-state index in [2.05, 4.69) is 29.7 Å². The molecule has 0 fully saturated rings. The molecule has 0 amide bonds. The van der Waals surface area contributed by atoms with E-state index in [1.165, 1.54) is 0 Å². The molecule has 3 rings (SSSR count). The van der Waals surface area contributed by atoms with Gasteiger partial charge in [0.2, 0.25) is 0 Å². The maximum absolute atomic E-state index is 4.66. The molecule has 3 aromatic rings. The highest BCUT2D eigenvalue weighted by molar-refractivity contribution is 7.80. The molecular weight excluding hydrogens is 226 g/mol. The zero-order valence-electron chi connectivity index (χ0n) is 9.17. The van der Waals surface area contributed by atoms with Gasteiger partial charge in [-0.3, -0.25) is 0 Å². The molecule has 1 heterocycles. The third-order valence-corrected chi connectivity index (χ3v) is 3.17. The number of nitrogens with zero attached hydrogens (tertiary/aromatic N) is 1. The van der Waals surface area contributed by atoms with Gasteiger partial charge in [0.25, 0.3) is 0 Å². The number of hydrogen-bond acceptors (Lipinski definition) is 2. The minimum atomic E-state index is 0.954. The second-order valence-corrected chi connectivity index (χ2v) is 4.39. The Labute approximate surface area is 106 Å². The molecule has 2 heteroatoms. The summed E-state index contributed by atoms with van der Waals surface area (Å²) in [5.74, 6) is 0. The maximum atomic E-state index is 4.66. The molecule has 1 nitrogen and oxygen atoms in total. The Morgan fingerprint density at radius 2 is 1.53 bits per heavy atom. The van der Waals surface area contributed by atoms with Crippen LogP contribution in [0.2, 0.25) is 0 Å². The first-order chi connectivity index (χ1) is 8.34. The zero-order chi connectivity index (χ0) is 11.7. The number of benzene rings is 2. The van der Waals surface area contributed by atoms with Crippen molar-refractivity contribution in [2.75, 3.05) is 0 Å². The summed E-state index contributed by atoms with van der Waals surface area (Å²) >= 11 is 4.46. The molecule has 2 aromatic carbocycles. The maximum Gasteiger partial charge on any atom is 0.0720 e. The SMILES string of the molecule is Sc1ccccc1-c1ccc2ccccc2n1.